The molecule has 2 aromatic carbocycles. The lowest BCUT2D eigenvalue weighted by Gasteiger charge is -2.13. The molecule has 3 rings (SSSR count). The minimum Gasteiger partial charge on any atom is -0.492 e. The molecule has 0 unspecified atom stereocenters. The van der Waals surface area contributed by atoms with Crippen molar-refractivity contribution in [3.8, 4) is 17.0 Å². The SMILES string of the molecule is COc1c(Cl)ccc(-c2nc(C(=O)OCc3cccc(C)c3)c(Cl)c(N)c2F)c1F. The van der Waals surface area contributed by atoms with Crippen LogP contribution in [0.4, 0.5) is 14.5 Å². The van der Waals surface area contributed by atoms with E-state index >= 15 is 0 Å². The zero-order valence-corrected chi connectivity index (χ0v) is 17.4. The molecule has 0 bridgehead atoms. The Morgan fingerprint density at radius 1 is 1.17 bits per heavy atom. The summed E-state index contributed by atoms with van der Waals surface area (Å²) < 4.78 is 39.6. The number of aryl methyl sites for hydroxylation is 1. The summed E-state index contributed by atoms with van der Waals surface area (Å²) in [5.74, 6) is -3.28. The molecule has 3 aromatic rings. The van der Waals surface area contributed by atoms with E-state index < -0.39 is 39.7 Å². The zero-order chi connectivity index (χ0) is 22.0. The largest absolute Gasteiger partial charge is 0.492 e. The van der Waals surface area contributed by atoms with Crippen LogP contribution in [0.3, 0.4) is 0 Å². The summed E-state index contributed by atoms with van der Waals surface area (Å²) in [6, 6.07) is 9.82. The molecule has 2 N–H and O–H groups in total. The third-order valence-electron chi connectivity index (χ3n) is 4.27. The molecule has 0 atom stereocenters. The van der Waals surface area contributed by atoms with Gasteiger partial charge in [-0.1, -0.05) is 53.0 Å². The molecule has 0 aliphatic rings. The van der Waals surface area contributed by atoms with Crippen LogP contribution in [0.25, 0.3) is 11.3 Å². The number of ether oxygens (including phenoxy) is 2. The molecule has 0 spiro atoms. The van der Waals surface area contributed by atoms with Crippen molar-refractivity contribution in [3.05, 3.63) is 74.9 Å². The quantitative estimate of drug-likeness (QED) is 0.510. The third kappa shape index (κ3) is 4.17. The summed E-state index contributed by atoms with van der Waals surface area (Å²) in [6.07, 6.45) is 0. The maximum Gasteiger partial charge on any atom is 0.358 e. The van der Waals surface area contributed by atoms with Crippen LogP contribution < -0.4 is 10.5 Å². The number of rotatable bonds is 5. The second-order valence-electron chi connectivity index (χ2n) is 6.36. The van der Waals surface area contributed by atoms with E-state index in [-0.39, 0.29) is 22.9 Å². The van der Waals surface area contributed by atoms with Crippen molar-refractivity contribution in [3.63, 3.8) is 0 Å². The Kier molecular flexibility index (Phi) is 6.43. The lowest BCUT2D eigenvalue weighted by Crippen LogP contribution is -2.12. The van der Waals surface area contributed by atoms with Crippen LogP contribution in [0.15, 0.2) is 36.4 Å². The number of methoxy groups -OCH3 is 1. The number of hydrogen-bond donors (Lipinski definition) is 1. The van der Waals surface area contributed by atoms with Crippen LogP contribution in [0.1, 0.15) is 21.6 Å². The Labute approximate surface area is 181 Å². The summed E-state index contributed by atoms with van der Waals surface area (Å²) in [4.78, 5) is 16.4. The number of anilines is 1. The topological polar surface area (TPSA) is 74.4 Å². The number of pyridine rings is 1. The fourth-order valence-corrected chi connectivity index (χ4v) is 3.22. The smallest absolute Gasteiger partial charge is 0.358 e. The fraction of sp³-hybridized carbons (Fsp3) is 0.143. The van der Waals surface area contributed by atoms with E-state index in [0.29, 0.717) is 0 Å². The first kappa shape index (κ1) is 21.8. The normalized spacial score (nSPS) is 10.7. The first-order chi connectivity index (χ1) is 14.2. The number of halogens is 4. The Morgan fingerprint density at radius 3 is 2.57 bits per heavy atom. The second kappa shape index (κ2) is 8.85. The highest BCUT2D eigenvalue weighted by Crippen LogP contribution is 2.38. The van der Waals surface area contributed by atoms with Crippen molar-refractivity contribution >= 4 is 34.9 Å². The van der Waals surface area contributed by atoms with Crippen molar-refractivity contribution in [1.82, 2.24) is 4.98 Å². The Hall–Kier alpha value is -2.90. The molecule has 0 aliphatic heterocycles. The Morgan fingerprint density at radius 2 is 1.90 bits per heavy atom. The minimum absolute atomic E-state index is 0.0149. The van der Waals surface area contributed by atoms with Gasteiger partial charge in [-0.05, 0) is 24.6 Å². The molecular weight excluding hydrogens is 437 g/mol. The highest BCUT2D eigenvalue weighted by atomic mass is 35.5. The van der Waals surface area contributed by atoms with E-state index in [2.05, 4.69) is 4.98 Å². The molecule has 0 radical (unpaired) electrons. The average molecular weight is 453 g/mol. The number of carbonyl (C=O) groups is 1. The van der Waals surface area contributed by atoms with Crippen molar-refractivity contribution in [2.24, 2.45) is 0 Å². The number of carbonyl (C=O) groups excluding carboxylic acids is 1. The van der Waals surface area contributed by atoms with E-state index in [0.717, 1.165) is 11.1 Å². The summed E-state index contributed by atoms with van der Waals surface area (Å²) in [5.41, 5.74) is 5.61. The van der Waals surface area contributed by atoms with Gasteiger partial charge in [-0.2, -0.15) is 0 Å². The molecule has 1 heterocycles. The monoisotopic (exact) mass is 452 g/mol. The summed E-state index contributed by atoms with van der Waals surface area (Å²) >= 11 is 11.9. The summed E-state index contributed by atoms with van der Waals surface area (Å²) in [5, 5.41) is -0.439. The van der Waals surface area contributed by atoms with Crippen LogP contribution in [0.5, 0.6) is 5.75 Å². The third-order valence-corrected chi connectivity index (χ3v) is 4.95. The van der Waals surface area contributed by atoms with Gasteiger partial charge < -0.3 is 15.2 Å². The van der Waals surface area contributed by atoms with E-state index in [1.165, 1.54) is 19.2 Å². The van der Waals surface area contributed by atoms with Gasteiger partial charge in [0, 0.05) is 5.56 Å². The predicted molar refractivity (Wildman–Crippen MR) is 111 cm³/mol. The van der Waals surface area contributed by atoms with Gasteiger partial charge in [0.15, 0.2) is 23.1 Å². The van der Waals surface area contributed by atoms with Crippen molar-refractivity contribution < 1.29 is 23.0 Å². The van der Waals surface area contributed by atoms with Crippen LogP contribution in [-0.4, -0.2) is 18.1 Å². The van der Waals surface area contributed by atoms with Crippen LogP contribution in [0.2, 0.25) is 10.0 Å². The standard InChI is InChI=1S/C21H16Cl2F2N2O3/c1-10-4-3-5-11(8-10)9-30-21(28)19-14(23)17(26)16(25)18(27-19)12-6-7-13(22)20(29-2)15(12)24/h3-8H,9H2,1-2H3,(H2,26,27). The number of nitrogens with two attached hydrogens (primary N) is 1. The summed E-state index contributed by atoms with van der Waals surface area (Å²) in [6.45, 7) is 1.83. The average Bonchev–Trinajstić information content (AvgIpc) is 2.72. The van der Waals surface area contributed by atoms with Gasteiger partial charge in [-0.3, -0.25) is 0 Å². The van der Waals surface area contributed by atoms with Crippen LogP contribution in [0, 0.1) is 18.6 Å². The molecule has 0 fully saturated rings. The number of hydrogen-bond acceptors (Lipinski definition) is 5. The van der Waals surface area contributed by atoms with Gasteiger partial charge in [-0.15, -0.1) is 0 Å². The Balaban J connectivity index is 2.01. The number of nitrogen functional groups attached to an aromatic ring is 1. The lowest BCUT2D eigenvalue weighted by molar-refractivity contribution is 0.0466. The highest BCUT2D eigenvalue weighted by Gasteiger charge is 2.26. The van der Waals surface area contributed by atoms with Crippen LogP contribution >= 0.6 is 23.2 Å². The minimum atomic E-state index is -1.08. The Bertz CT molecular complexity index is 1140. The van der Waals surface area contributed by atoms with Crippen molar-refractivity contribution in [1.29, 1.82) is 0 Å². The molecule has 0 saturated carbocycles. The molecule has 0 aliphatic carbocycles. The number of esters is 1. The van der Waals surface area contributed by atoms with Gasteiger partial charge in [-0.25, -0.2) is 18.6 Å². The molecule has 0 saturated heterocycles. The lowest BCUT2D eigenvalue weighted by atomic mass is 10.1. The molecule has 0 amide bonds. The fourth-order valence-electron chi connectivity index (χ4n) is 2.80. The van der Waals surface area contributed by atoms with Gasteiger partial charge in [0.2, 0.25) is 0 Å². The van der Waals surface area contributed by atoms with E-state index in [1.807, 2.05) is 25.1 Å². The molecule has 1 aromatic heterocycles. The van der Waals surface area contributed by atoms with Crippen molar-refractivity contribution in [2.75, 3.05) is 12.8 Å². The zero-order valence-electron chi connectivity index (χ0n) is 15.9. The molecule has 5 nitrogen and oxygen atoms in total. The molecule has 30 heavy (non-hydrogen) atoms. The maximum absolute atomic E-state index is 14.8. The van der Waals surface area contributed by atoms with Crippen molar-refractivity contribution in [2.45, 2.75) is 13.5 Å². The van der Waals surface area contributed by atoms with Gasteiger partial charge in [0.25, 0.3) is 0 Å². The van der Waals surface area contributed by atoms with E-state index in [4.69, 9.17) is 38.4 Å². The highest BCUT2D eigenvalue weighted by molar-refractivity contribution is 6.36. The number of aromatic nitrogens is 1. The van der Waals surface area contributed by atoms with E-state index in [9.17, 15) is 13.6 Å². The molecule has 9 heteroatoms. The van der Waals surface area contributed by atoms with Gasteiger partial charge >= 0.3 is 5.97 Å². The predicted octanol–water partition coefficient (Wildman–Crippen LogP) is 5.59. The first-order valence-corrected chi connectivity index (χ1v) is 9.39. The van der Waals surface area contributed by atoms with Gasteiger partial charge in [0.1, 0.15) is 12.3 Å². The number of nitrogens with zero attached hydrogens (tertiary/aromatic N) is 1. The van der Waals surface area contributed by atoms with E-state index in [1.54, 1.807) is 6.07 Å². The maximum atomic E-state index is 14.8. The molecular formula is C21H16Cl2F2N2O3. The number of benzene rings is 2. The van der Waals surface area contributed by atoms with Gasteiger partial charge in [0.05, 0.1) is 22.8 Å². The molecule has 156 valence electrons. The second-order valence-corrected chi connectivity index (χ2v) is 7.14. The van der Waals surface area contributed by atoms with Crippen LogP contribution in [-0.2, 0) is 11.3 Å². The summed E-state index contributed by atoms with van der Waals surface area (Å²) in [7, 11) is 1.21. The first-order valence-electron chi connectivity index (χ1n) is 8.64.